The Morgan fingerprint density at radius 3 is 2.80 bits per heavy atom. The summed E-state index contributed by atoms with van der Waals surface area (Å²) in [4.78, 5) is 13.8. The lowest BCUT2D eigenvalue weighted by atomic mass is 10.4. The van der Waals surface area contributed by atoms with Crippen LogP contribution in [-0.2, 0) is 0 Å². The Kier molecular flexibility index (Phi) is 2.01. The summed E-state index contributed by atoms with van der Waals surface area (Å²) in [6.07, 6.45) is 1.40. The molecule has 0 aliphatic rings. The highest BCUT2D eigenvalue weighted by molar-refractivity contribution is 9.10. The van der Waals surface area contributed by atoms with Gasteiger partial charge in [0.15, 0.2) is 0 Å². The first-order valence-corrected chi connectivity index (χ1v) is 3.33. The molecule has 0 aliphatic carbocycles. The van der Waals surface area contributed by atoms with Gasteiger partial charge >= 0.3 is 0 Å². The van der Waals surface area contributed by atoms with Gasteiger partial charge in [-0.25, -0.2) is 0 Å². The molecule has 52 valence electrons. The lowest BCUT2D eigenvalue weighted by molar-refractivity contribution is -0.255. The number of carbonyl (C=O) groups excluding carboxylic acids is 1. The number of hydrogen-bond acceptors (Lipinski definition) is 3. The summed E-state index contributed by atoms with van der Waals surface area (Å²) < 4.78 is 0.440. The van der Waals surface area contributed by atoms with Crippen LogP contribution < -0.4 is 5.11 Å². The van der Waals surface area contributed by atoms with E-state index >= 15 is 0 Å². The maximum absolute atomic E-state index is 10.2. The van der Waals surface area contributed by atoms with Crippen molar-refractivity contribution >= 4 is 21.9 Å². The number of carboxylic acids is 1. The molecule has 0 bridgehead atoms. The number of halogens is 1. The summed E-state index contributed by atoms with van der Waals surface area (Å²) in [7, 11) is 0. The molecule has 0 aliphatic heterocycles. The molecular weight excluding hydrogens is 198 g/mol. The van der Waals surface area contributed by atoms with Gasteiger partial charge < -0.3 is 9.90 Å². The fourth-order valence-electron chi connectivity index (χ4n) is 0.536. The molecule has 0 fully saturated rings. The SMILES string of the molecule is O=C([O-])c1ncccc1Br. The van der Waals surface area contributed by atoms with Crippen LogP contribution >= 0.6 is 15.9 Å². The fourth-order valence-corrected chi connectivity index (χ4v) is 0.953. The molecule has 1 aromatic rings. The zero-order chi connectivity index (χ0) is 7.56. The van der Waals surface area contributed by atoms with Gasteiger partial charge in [0.1, 0.15) is 0 Å². The fraction of sp³-hybridized carbons (Fsp3) is 0. The second-order valence-electron chi connectivity index (χ2n) is 1.62. The molecule has 0 radical (unpaired) electrons. The summed E-state index contributed by atoms with van der Waals surface area (Å²) in [5.74, 6) is -1.27. The monoisotopic (exact) mass is 200 g/mol. The van der Waals surface area contributed by atoms with Crippen molar-refractivity contribution in [3.05, 3.63) is 28.5 Å². The smallest absolute Gasteiger partial charge is 0.0998 e. The van der Waals surface area contributed by atoms with Gasteiger partial charge in [-0.2, -0.15) is 0 Å². The molecule has 0 spiro atoms. The van der Waals surface area contributed by atoms with Crippen molar-refractivity contribution in [2.45, 2.75) is 0 Å². The average molecular weight is 201 g/mol. The van der Waals surface area contributed by atoms with E-state index in [1.54, 1.807) is 12.1 Å². The highest BCUT2D eigenvalue weighted by Crippen LogP contribution is 2.11. The molecule has 0 N–H and O–H groups in total. The van der Waals surface area contributed by atoms with Crippen LogP contribution in [-0.4, -0.2) is 11.0 Å². The van der Waals surface area contributed by atoms with Crippen molar-refractivity contribution in [2.75, 3.05) is 0 Å². The quantitative estimate of drug-likeness (QED) is 0.652. The number of carboxylic acid groups (broad SMARTS) is 1. The van der Waals surface area contributed by atoms with E-state index in [4.69, 9.17) is 0 Å². The number of carbonyl (C=O) groups is 1. The lowest BCUT2D eigenvalue weighted by Crippen LogP contribution is -2.23. The molecule has 1 heterocycles. The highest BCUT2D eigenvalue weighted by atomic mass is 79.9. The normalized spacial score (nSPS) is 9.30. The van der Waals surface area contributed by atoms with Crippen LogP contribution in [0.3, 0.4) is 0 Å². The first kappa shape index (κ1) is 7.21. The predicted molar refractivity (Wildman–Crippen MR) is 36.3 cm³/mol. The van der Waals surface area contributed by atoms with Crippen molar-refractivity contribution in [3.8, 4) is 0 Å². The molecule has 0 saturated carbocycles. The van der Waals surface area contributed by atoms with E-state index in [-0.39, 0.29) is 5.69 Å². The number of aromatic carboxylic acids is 1. The molecule has 0 unspecified atom stereocenters. The van der Waals surface area contributed by atoms with Crippen molar-refractivity contribution in [1.82, 2.24) is 4.98 Å². The van der Waals surface area contributed by atoms with Crippen molar-refractivity contribution < 1.29 is 9.90 Å². The maximum atomic E-state index is 10.2. The molecule has 0 saturated heterocycles. The van der Waals surface area contributed by atoms with Gasteiger partial charge in [-0.1, -0.05) is 0 Å². The number of rotatable bonds is 1. The van der Waals surface area contributed by atoms with Crippen LogP contribution in [0, 0.1) is 0 Å². The second-order valence-corrected chi connectivity index (χ2v) is 2.48. The van der Waals surface area contributed by atoms with Gasteiger partial charge in [-0.3, -0.25) is 4.98 Å². The molecule has 0 amide bonds. The molecule has 0 aromatic carbocycles. The van der Waals surface area contributed by atoms with E-state index in [0.717, 1.165) is 0 Å². The zero-order valence-electron chi connectivity index (χ0n) is 4.87. The summed E-state index contributed by atoms with van der Waals surface area (Å²) >= 11 is 3.01. The third-order valence-electron chi connectivity index (χ3n) is 0.952. The van der Waals surface area contributed by atoms with Crippen molar-refractivity contribution in [1.29, 1.82) is 0 Å². The Morgan fingerprint density at radius 2 is 2.40 bits per heavy atom. The first-order valence-electron chi connectivity index (χ1n) is 2.53. The maximum Gasteiger partial charge on any atom is 0.0998 e. The molecule has 3 nitrogen and oxygen atoms in total. The van der Waals surface area contributed by atoms with E-state index in [1.807, 2.05) is 0 Å². The van der Waals surface area contributed by atoms with E-state index in [1.165, 1.54) is 6.20 Å². The first-order chi connectivity index (χ1) is 4.72. The number of aromatic nitrogens is 1. The third kappa shape index (κ3) is 1.33. The largest absolute Gasteiger partial charge is 0.543 e. The Hall–Kier alpha value is -0.900. The topological polar surface area (TPSA) is 53.0 Å². The van der Waals surface area contributed by atoms with Crippen LogP contribution in [0.5, 0.6) is 0 Å². The van der Waals surface area contributed by atoms with E-state index in [2.05, 4.69) is 20.9 Å². The summed E-state index contributed by atoms with van der Waals surface area (Å²) in [6.45, 7) is 0. The average Bonchev–Trinajstić information content (AvgIpc) is 1.88. The Bertz CT molecular complexity index is 262. The summed E-state index contributed by atoms with van der Waals surface area (Å²) in [5, 5.41) is 10.2. The summed E-state index contributed by atoms with van der Waals surface area (Å²) in [6, 6.07) is 3.23. The van der Waals surface area contributed by atoms with Crippen LogP contribution in [0.25, 0.3) is 0 Å². The molecule has 1 rings (SSSR count). The molecule has 10 heavy (non-hydrogen) atoms. The zero-order valence-corrected chi connectivity index (χ0v) is 6.46. The van der Waals surface area contributed by atoms with E-state index in [0.29, 0.717) is 4.47 Å². The van der Waals surface area contributed by atoms with Crippen LogP contribution in [0.4, 0.5) is 0 Å². The van der Waals surface area contributed by atoms with Gasteiger partial charge in [0.25, 0.3) is 0 Å². The van der Waals surface area contributed by atoms with Crippen molar-refractivity contribution in [2.24, 2.45) is 0 Å². The molecule has 1 aromatic heterocycles. The summed E-state index contributed by atoms with van der Waals surface area (Å²) in [5.41, 5.74) is -0.0671. The molecule has 0 atom stereocenters. The highest BCUT2D eigenvalue weighted by Gasteiger charge is 1.98. The lowest BCUT2D eigenvalue weighted by Gasteiger charge is -2.01. The number of pyridine rings is 1. The van der Waals surface area contributed by atoms with Gasteiger partial charge in [0.2, 0.25) is 0 Å². The van der Waals surface area contributed by atoms with Gasteiger partial charge in [0.05, 0.1) is 11.7 Å². The minimum Gasteiger partial charge on any atom is -0.543 e. The standard InChI is InChI=1S/C6H4BrNO2/c7-4-2-1-3-8-5(4)6(9)10/h1-3H,(H,9,10)/p-1. The number of nitrogens with zero attached hydrogens (tertiary/aromatic N) is 1. The van der Waals surface area contributed by atoms with Gasteiger partial charge in [0, 0.05) is 10.7 Å². The van der Waals surface area contributed by atoms with Gasteiger partial charge in [-0.15, -0.1) is 0 Å². The van der Waals surface area contributed by atoms with Crippen LogP contribution in [0.2, 0.25) is 0 Å². The van der Waals surface area contributed by atoms with Crippen LogP contribution in [0.1, 0.15) is 10.5 Å². The minimum absolute atomic E-state index is 0.0671. The molecule has 4 heteroatoms. The van der Waals surface area contributed by atoms with Crippen LogP contribution in [0.15, 0.2) is 22.8 Å². The van der Waals surface area contributed by atoms with E-state index < -0.39 is 5.97 Å². The Labute approximate surface area is 65.8 Å². The Balaban J connectivity index is 3.15. The number of hydrogen-bond donors (Lipinski definition) is 0. The minimum atomic E-state index is -1.27. The molecular formula is C6H3BrNO2-. The predicted octanol–water partition coefficient (Wildman–Crippen LogP) is 0.208. The Morgan fingerprint density at radius 1 is 1.70 bits per heavy atom. The van der Waals surface area contributed by atoms with Crippen molar-refractivity contribution in [3.63, 3.8) is 0 Å². The van der Waals surface area contributed by atoms with E-state index in [9.17, 15) is 9.90 Å². The third-order valence-corrected chi connectivity index (χ3v) is 1.59. The second kappa shape index (κ2) is 2.79. The van der Waals surface area contributed by atoms with Gasteiger partial charge in [-0.05, 0) is 28.1 Å².